The van der Waals surface area contributed by atoms with E-state index in [1.54, 1.807) is 4.90 Å². The van der Waals surface area contributed by atoms with Crippen LogP contribution in [0.5, 0.6) is 0 Å². The molecule has 0 N–H and O–H groups in total. The number of amides is 2. The Morgan fingerprint density at radius 1 is 1.07 bits per heavy atom. The molecule has 0 bridgehead atoms. The fraction of sp³-hybridized carbons (Fsp3) is 0.591. The molecule has 2 aliphatic heterocycles. The van der Waals surface area contributed by atoms with Gasteiger partial charge in [-0.2, -0.15) is 0 Å². The largest absolute Gasteiger partial charge is 0.461 e. The van der Waals surface area contributed by atoms with Gasteiger partial charge in [0.1, 0.15) is 18.2 Å². The van der Waals surface area contributed by atoms with Gasteiger partial charge in [-0.3, -0.25) is 14.5 Å². The number of rotatable bonds is 4. The summed E-state index contributed by atoms with van der Waals surface area (Å²) in [6.07, 6.45) is 1.52. The van der Waals surface area contributed by atoms with Crippen LogP contribution in [0.15, 0.2) is 30.3 Å². The molecular formula is C22H30N2O5. The molecule has 0 saturated carbocycles. The van der Waals surface area contributed by atoms with Crippen molar-refractivity contribution in [2.75, 3.05) is 19.6 Å². The fourth-order valence-electron chi connectivity index (χ4n) is 3.77. The second kappa shape index (κ2) is 8.84. The lowest BCUT2D eigenvalue weighted by molar-refractivity contribution is -0.149. The maximum Gasteiger partial charge on any atom is 0.410 e. The van der Waals surface area contributed by atoms with Gasteiger partial charge in [-0.15, -0.1) is 0 Å². The van der Waals surface area contributed by atoms with Crippen molar-refractivity contribution >= 4 is 18.0 Å². The number of carbonyl (C=O) groups is 3. The van der Waals surface area contributed by atoms with E-state index >= 15 is 0 Å². The smallest absolute Gasteiger partial charge is 0.410 e. The van der Waals surface area contributed by atoms with Crippen LogP contribution in [0.1, 0.15) is 45.6 Å². The number of carbonyl (C=O) groups excluding carboxylic acids is 3. The molecule has 0 spiro atoms. The molecule has 158 valence electrons. The van der Waals surface area contributed by atoms with E-state index in [0.717, 1.165) is 12.0 Å². The Kier molecular flexibility index (Phi) is 6.45. The van der Waals surface area contributed by atoms with Crippen molar-refractivity contribution < 1.29 is 23.9 Å². The summed E-state index contributed by atoms with van der Waals surface area (Å²) in [6.45, 7) is 7.02. The number of nitrogens with zero attached hydrogens (tertiary/aromatic N) is 2. The predicted octanol–water partition coefficient (Wildman–Crippen LogP) is 2.98. The molecule has 2 saturated heterocycles. The molecule has 2 heterocycles. The minimum Gasteiger partial charge on any atom is -0.461 e. The first-order chi connectivity index (χ1) is 13.7. The third-order valence-electron chi connectivity index (χ3n) is 5.22. The van der Waals surface area contributed by atoms with Crippen molar-refractivity contribution in [1.29, 1.82) is 0 Å². The lowest BCUT2D eigenvalue weighted by Gasteiger charge is -2.30. The Morgan fingerprint density at radius 3 is 2.48 bits per heavy atom. The zero-order valence-corrected chi connectivity index (χ0v) is 17.4. The summed E-state index contributed by atoms with van der Waals surface area (Å²) in [7, 11) is 0. The number of esters is 1. The molecule has 0 aliphatic carbocycles. The van der Waals surface area contributed by atoms with E-state index in [9.17, 15) is 14.4 Å². The van der Waals surface area contributed by atoms with E-state index in [0.29, 0.717) is 32.5 Å². The average Bonchev–Trinajstić information content (AvgIpc) is 3.34. The van der Waals surface area contributed by atoms with Crippen LogP contribution < -0.4 is 0 Å². The highest BCUT2D eigenvalue weighted by atomic mass is 16.6. The number of hydrogen-bond acceptors (Lipinski definition) is 5. The topological polar surface area (TPSA) is 76.2 Å². The van der Waals surface area contributed by atoms with Crippen molar-refractivity contribution in [3.63, 3.8) is 0 Å². The Labute approximate surface area is 171 Å². The first kappa shape index (κ1) is 21.1. The highest BCUT2D eigenvalue weighted by Gasteiger charge is 2.41. The minimum atomic E-state index is -0.603. The highest BCUT2D eigenvalue weighted by Crippen LogP contribution is 2.26. The van der Waals surface area contributed by atoms with Gasteiger partial charge in [-0.1, -0.05) is 30.3 Å². The summed E-state index contributed by atoms with van der Waals surface area (Å²) in [5, 5.41) is 0. The molecule has 2 fully saturated rings. The van der Waals surface area contributed by atoms with Crippen LogP contribution in [-0.2, 0) is 25.7 Å². The molecule has 0 aromatic heterocycles. The second-order valence-corrected chi connectivity index (χ2v) is 8.69. The molecule has 1 aromatic carbocycles. The summed E-state index contributed by atoms with van der Waals surface area (Å²) in [5.74, 6) is -0.703. The van der Waals surface area contributed by atoms with Crippen LogP contribution in [0, 0.1) is 5.92 Å². The van der Waals surface area contributed by atoms with Crippen molar-refractivity contribution in [1.82, 2.24) is 9.80 Å². The zero-order valence-electron chi connectivity index (χ0n) is 17.4. The monoisotopic (exact) mass is 402 g/mol. The summed E-state index contributed by atoms with van der Waals surface area (Å²) in [4.78, 5) is 41.0. The standard InChI is InChI=1S/C22H30N2O5/c1-22(2,3)29-21(27)24-12-7-10-18(24)19(25)23-13-11-17(14-23)20(26)28-15-16-8-5-4-6-9-16/h4-6,8-9,17-18H,7,10-15H2,1-3H3/t17-,18-/m0/s1. The van der Waals surface area contributed by atoms with Gasteiger partial charge in [0.2, 0.25) is 5.91 Å². The highest BCUT2D eigenvalue weighted by molar-refractivity contribution is 5.87. The van der Waals surface area contributed by atoms with E-state index in [-0.39, 0.29) is 24.4 Å². The van der Waals surface area contributed by atoms with E-state index in [1.165, 1.54) is 4.90 Å². The second-order valence-electron chi connectivity index (χ2n) is 8.69. The molecule has 0 unspecified atom stereocenters. The first-order valence-corrected chi connectivity index (χ1v) is 10.2. The number of likely N-dealkylation sites (tertiary alicyclic amines) is 2. The first-order valence-electron chi connectivity index (χ1n) is 10.2. The molecule has 29 heavy (non-hydrogen) atoms. The Bertz CT molecular complexity index is 743. The van der Waals surface area contributed by atoms with Crippen LogP contribution in [0.25, 0.3) is 0 Å². The maximum absolute atomic E-state index is 13.0. The van der Waals surface area contributed by atoms with Gasteiger partial charge in [0.05, 0.1) is 5.92 Å². The van der Waals surface area contributed by atoms with Crippen LogP contribution >= 0.6 is 0 Å². The van der Waals surface area contributed by atoms with E-state index in [1.807, 2.05) is 51.1 Å². The molecule has 7 nitrogen and oxygen atoms in total. The number of benzene rings is 1. The molecule has 2 amide bonds. The van der Waals surface area contributed by atoms with Gasteiger partial charge >= 0.3 is 12.1 Å². The lowest BCUT2D eigenvalue weighted by Crippen LogP contribution is -2.48. The fourth-order valence-corrected chi connectivity index (χ4v) is 3.77. The summed E-state index contributed by atoms with van der Waals surface area (Å²) < 4.78 is 10.9. The van der Waals surface area contributed by atoms with Gasteiger partial charge < -0.3 is 14.4 Å². The number of ether oxygens (including phenoxy) is 2. The molecule has 2 aliphatic rings. The van der Waals surface area contributed by atoms with Crippen LogP contribution in [0.2, 0.25) is 0 Å². The van der Waals surface area contributed by atoms with Gasteiger partial charge in [0.25, 0.3) is 0 Å². The molecule has 7 heteroatoms. The minimum absolute atomic E-state index is 0.105. The Hall–Kier alpha value is -2.57. The van der Waals surface area contributed by atoms with E-state index in [4.69, 9.17) is 9.47 Å². The van der Waals surface area contributed by atoms with E-state index < -0.39 is 17.7 Å². The van der Waals surface area contributed by atoms with Gasteiger partial charge in [0, 0.05) is 19.6 Å². The van der Waals surface area contributed by atoms with Gasteiger partial charge in [-0.25, -0.2) is 4.79 Å². The van der Waals surface area contributed by atoms with Gasteiger partial charge in [-0.05, 0) is 45.6 Å². The summed E-state index contributed by atoms with van der Waals surface area (Å²) in [5.41, 5.74) is 0.333. The third-order valence-corrected chi connectivity index (χ3v) is 5.22. The normalized spacial score (nSPS) is 21.9. The maximum atomic E-state index is 13.0. The van der Waals surface area contributed by atoms with E-state index in [2.05, 4.69) is 0 Å². The number of hydrogen-bond donors (Lipinski definition) is 0. The average molecular weight is 402 g/mol. The summed E-state index contributed by atoms with van der Waals surface area (Å²) in [6, 6.07) is 9.01. The Morgan fingerprint density at radius 2 is 1.79 bits per heavy atom. The summed E-state index contributed by atoms with van der Waals surface area (Å²) >= 11 is 0. The zero-order chi connectivity index (χ0) is 21.0. The molecule has 0 radical (unpaired) electrons. The lowest BCUT2D eigenvalue weighted by atomic mass is 10.1. The quantitative estimate of drug-likeness (QED) is 0.724. The van der Waals surface area contributed by atoms with Gasteiger partial charge in [0.15, 0.2) is 0 Å². The molecule has 1 aromatic rings. The predicted molar refractivity (Wildman–Crippen MR) is 107 cm³/mol. The van der Waals surface area contributed by atoms with Crippen LogP contribution in [-0.4, -0.2) is 59.0 Å². The molecule has 2 atom stereocenters. The van der Waals surface area contributed by atoms with Crippen molar-refractivity contribution in [3.8, 4) is 0 Å². The van der Waals surface area contributed by atoms with Crippen molar-refractivity contribution in [3.05, 3.63) is 35.9 Å². The Balaban J connectivity index is 1.53. The van der Waals surface area contributed by atoms with Crippen LogP contribution in [0.4, 0.5) is 4.79 Å². The third kappa shape index (κ3) is 5.49. The molecular weight excluding hydrogens is 372 g/mol. The van der Waals surface area contributed by atoms with Crippen LogP contribution in [0.3, 0.4) is 0 Å². The SMILES string of the molecule is CC(C)(C)OC(=O)N1CCC[C@H]1C(=O)N1CC[C@H](C(=O)OCc2ccccc2)C1. The van der Waals surface area contributed by atoms with Crippen molar-refractivity contribution in [2.45, 2.75) is 58.3 Å². The van der Waals surface area contributed by atoms with Crippen molar-refractivity contribution in [2.24, 2.45) is 5.92 Å². The molecule has 3 rings (SSSR count).